The van der Waals surface area contributed by atoms with E-state index in [1.54, 1.807) is 30.1 Å². The summed E-state index contributed by atoms with van der Waals surface area (Å²) < 4.78 is 1.73. The molecule has 1 heterocycles. The Morgan fingerprint density at radius 1 is 1.45 bits per heavy atom. The van der Waals surface area contributed by atoms with Crippen molar-refractivity contribution in [2.75, 3.05) is 0 Å². The summed E-state index contributed by atoms with van der Waals surface area (Å²) in [6.07, 6.45) is 3.36. The van der Waals surface area contributed by atoms with E-state index in [9.17, 15) is 9.59 Å². The highest BCUT2D eigenvalue weighted by molar-refractivity contribution is 6.42. The predicted octanol–water partition coefficient (Wildman–Crippen LogP) is 0.797. The van der Waals surface area contributed by atoms with Gasteiger partial charge in [0.2, 0.25) is 5.78 Å². The lowest BCUT2D eigenvalue weighted by atomic mass is 10.2. The normalized spacial score (nSPS) is 9.64. The first-order valence-electron chi connectivity index (χ1n) is 3.28. The van der Waals surface area contributed by atoms with Gasteiger partial charge >= 0.3 is 0 Å². The van der Waals surface area contributed by atoms with E-state index in [1.165, 1.54) is 6.92 Å². The summed E-state index contributed by atoms with van der Waals surface area (Å²) in [6.45, 7) is 1.27. The highest BCUT2D eigenvalue weighted by Crippen LogP contribution is 2.00. The third-order valence-electron chi connectivity index (χ3n) is 1.41. The Labute approximate surface area is 64.6 Å². The van der Waals surface area contributed by atoms with Crippen LogP contribution in [0.15, 0.2) is 18.5 Å². The van der Waals surface area contributed by atoms with E-state index in [0.717, 1.165) is 0 Å². The number of Topliss-reactive ketones (excluding diaryl/α,β-unsaturated/α-hetero) is 2. The minimum absolute atomic E-state index is 0.420. The SMILES string of the molecule is CC(=O)C(=O)c1ccn(C)c1. The lowest BCUT2D eigenvalue weighted by Gasteiger charge is -1.88. The molecule has 0 atom stereocenters. The summed E-state index contributed by atoms with van der Waals surface area (Å²) in [4.78, 5) is 21.6. The first-order chi connectivity index (χ1) is 5.11. The van der Waals surface area contributed by atoms with E-state index in [0.29, 0.717) is 5.56 Å². The monoisotopic (exact) mass is 151 g/mol. The number of nitrogens with zero attached hydrogens (tertiary/aromatic N) is 1. The van der Waals surface area contributed by atoms with Crippen molar-refractivity contribution in [2.24, 2.45) is 7.05 Å². The summed E-state index contributed by atoms with van der Waals surface area (Å²) in [7, 11) is 1.80. The number of aromatic nitrogens is 1. The molecule has 0 saturated carbocycles. The summed E-state index contributed by atoms with van der Waals surface area (Å²) in [6, 6.07) is 1.63. The van der Waals surface area contributed by atoms with Crippen LogP contribution in [0.4, 0.5) is 0 Å². The first-order valence-corrected chi connectivity index (χ1v) is 3.28. The molecule has 3 heteroatoms. The van der Waals surface area contributed by atoms with Crippen LogP contribution in [-0.2, 0) is 11.8 Å². The van der Waals surface area contributed by atoms with Gasteiger partial charge in [-0.3, -0.25) is 9.59 Å². The minimum atomic E-state index is -0.425. The van der Waals surface area contributed by atoms with Crippen LogP contribution >= 0.6 is 0 Å². The summed E-state index contributed by atoms with van der Waals surface area (Å²) in [5.41, 5.74) is 0.458. The van der Waals surface area contributed by atoms with Gasteiger partial charge in [-0.15, -0.1) is 0 Å². The van der Waals surface area contributed by atoms with Crippen molar-refractivity contribution in [3.63, 3.8) is 0 Å². The molecular formula is C8H9NO2. The largest absolute Gasteiger partial charge is 0.356 e. The fourth-order valence-corrected chi connectivity index (χ4v) is 0.841. The molecule has 0 N–H and O–H groups in total. The number of rotatable bonds is 2. The molecule has 1 aromatic heterocycles. The van der Waals surface area contributed by atoms with Gasteiger partial charge in [0.1, 0.15) is 0 Å². The maximum atomic E-state index is 11.0. The van der Waals surface area contributed by atoms with Crippen LogP contribution in [-0.4, -0.2) is 16.1 Å². The topological polar surface area (TPSA) is 39.1 Å². The van der Waals surface area contributed by atoms with Gasteiger partial charge in [0.15, 0.2) is 5.78 Å². The Morgan fingerprint density at radius 2 is 2.09 bits per heavy atom. The quantitative estimate of drug-likeness (QED) is 0.463. The Bertz CT molecular complexity index is 299. The van der Waals surface area contributed by atoms with E-state index in [2.05, 4.69) is 0 Å². The van der Waals surface area contributed by atoms with E-state index < -0.39 is 11.6 Å². The van der Waals surface area contributed by atoms with Crippen LogP contribution in [0.1, 0.15) is 17.3 Å². The average Bonchev–Trinajstić information content (AvgIpc) is 2.34. The maximum absolute atomic E-state index is 11.0. The third kappa shape index (κ3) is 1.55. The van der Waals surface area contributed by atoms with Gasteiger partial charge < -0.3 is 4.57 Å². The predicted molar refractivity (Wildman–Crippen MR) is 40.4 cm³/mol. The maximum Gasteiger partial charge on any atom is 0.229 e. The van der Waals surface area contributed by atoms with E-state index in [-0.39, 0.29) is 0 Å². The van der Waals surface area contributed by atoms with Crippen LogP contribution in [0, 0.1) is 0 Å². The van der Waals surface area contributed by atoms with Crippen molar-refractivity contribution >= 4 is 11.6 Å². The molecule has 0 saturated heterocycles. The van der Waals surface area contributed by atoms with Gasteiger partial charge in [0, 0.05) is 31.9 Å². The van der Waals surface area contributed by atoms with Crippen LogP contribution in [0.2, 0.25) is 0 Å². The summed E-state index contributed by atoms with van der Waals surface area (Å²) in [5.74, 6) is -0.846. The zero-order valence-corrected chi connectivity index (χ0v) is 6.50. The van der Waals surface area contributed by atoms with E-state index in [4.69, 9.17) is 0 Å². The fourth-order valence-electron chi connectivity index (χ4n) is 0.841. The molecule has 0 spiro atoms. The smallest absolute Gasteiger partial charge is 0.229 e. The molecule has 0 fully saturated rings. The second-order valence-electron chi connectivity index (χ2n) is 2.45. The van der Waals surface area contributed by atoms with Gasteiger partial charge in [-0.05, 0) is 6.07 Å². The standard InChI is InChI=1S/C8H9NO2/c1-6(10)8(11)7-3-4-9(2)5-7/h3-5H,1-2H3. The van der Waals surface area contributed by atoms with Crippen molar-refractivity contribution in [1.82, 2.24) is 4.57 Å². The number of ketones is 2. The first kappa shape index (κ1) is 7.72. The molecule has 0 aliphatic heterocycles. The molecule has 0 aliphatic carbocycles. The molecule has 58 valence electrons. The van der Waals surface area contributed by atoms with Gasteiger partial charge in [-0.2, -0.15) is 0 Å². The van der Waals surface area contributed by atoms with Crippen LogP contribution in [0.5, 0.6) is 0 Å². The van der Waals surface area contributed by atoms with Gasteiger partial charge in [-0.1, -0.05) is 0 Å². The number of carbonyl (C=O) groups is 2. The second-order valence-corrected chi connectivity index (χ2v) is 2.45. The fraction of sp³-hybridized carbons (Fsp3) is 0.250. The zero-order chi connectivity index (χ0) is 8.43. The Morgan fingerprint density at radius 3 is 2.45 bits per heavy atom. The van der Waals surface area contributed by atoms with Crippen molar-refractivity contribution < 1.29 is 9.59 Å². The Hall–Kier alpha value is -1.38. The Balaban J connectivity index is 2.94. The summed E-state index contributed by atoms with van der Waals surface area (Å²) >= 11 is 0. The van der Waals surface area contributed by atoms with Crippen LogP contribution in [0.3, 0.4) is 0 Å². The highest BCUT2D eigenvalue weighted by atomic mass is 16.2. The Kier molecular flexibility index (Phi) is 1.89. The van der Waals surface area contributed by atoms with Crippen molar-refractivity contribution in [1.29, 1.82) is 0 Å². The highest BCUT2D eigenvalue weighted by Gasteiger charge is 2.10. The molecule has 0 radical (unpaired) electrons. The lowest BCUT2D eigenvalue weighted by Crippen LogP contribution is -2.08. The number of aryl methyl sites for hydroxylation is 1. The molecular weight excluding hydrogens is 142 g/mol. The molecule has 0 amide bonds. The van der Waals surface area contributed by atoms with Crippen molar-refractivity contribution in [3.8, 4) is 0 Å². The number of carbonyl (C=O) groups excluding carboxylic acids is 2. The minimum Gasteiger partial charge on any atom is -0.356 e. The molecule has 1 rings (SSSR count). The van der Waals surface area contributed by atoms with Crippen LogP contribution in [0.25, 0.3) is 0 Å². The third-order valence-corrected chi connectivity index (χ3v) is 1.41. The number of hydrogen-bond acceptors (Lipinski definition) is 2. The molecule has 0 aliphatic rings. The van der Waals surface area contributed by atoms with Gasteiger partial charge in [-0.25, -0.2) is 0 Å². The lowest BCUT2D eigenvalue weighted by molar-refractivity contribution is -0.113. The molecule has 0 unspecified atom stereocenters. The van der Waals surface area contributed by atoms with E-state index >= 15 is 0 Å². The molecule has 0 bridgehead atoms. The summed E-state index contributed by atoms with van der Waals surface area (Å²) in [5, 5.41) is 0. The molecule has 3 nitrogen and oxygen atoms in total. The van der Waals surface area contributed by atoms with Crippen LogP contribution < -0.4 is 0 Å². The molecule has 1 aromatic rings. The number of hydrogen-bond donors (Lipinski definition) is 0. The molecule has 11 heavy (non-hydrogen) atoms. The zero-order valence-electron chi connectivity index (χ0n) is 6.50. The van der Waals surface area contributed by atoms with Crippen molar-refractivity contribution in [2.45, 2.75) is 6.92 Å². The van der Waals surface area contributed by atoms with Crippen molar-refractivity contribution in [3.05, 3.63) is 24.0 Å². The van der Waals surface area contributed by atoms with E-state index in [1.807, 2.05) is 0 Å². The molecule has 0 aromatic carbocycles. The average molecular weight is 151 g/mol. The second kappa shape index (κ2) is 2.70. The van der Waals surface area contributed by atoms with Gasteiger partial charge in [0.05, 0.1) is 0 Å². The van der Waals surface area contributed by atoms with Gasteiger partial charge in [0.25, 0.3) is 0 Å².